The standard InChI is InChI=1S/C13H11ClOS/c1-9-4-2-3-5-11(9)12(15)8-10-6-7-13(14)16-10/h2-7H,8H2,1H3. The molecule has 0 aliphatic heterocycles. The monoisotopic (exact) mass is 250 g/mol. The maximum atomic E-state index is 12.0. The maximum absolute atomic E-state index is 12.0. The molecule has 1 heterocycles. The van der Waals surface area contributed by atoms with Crippen molar-refractivity contribution in [3.05, 3.63) is 56.7 Å². The van der Waals surface area contributed by atoms with Crippen LogP contribution in [0.2, 0.25) is 4.34 Å². The molecule has 0 aliphatic carbocycles. The van der Waals surface area contributed by atoms with Gasteiger partial charge in [-0.15, -0.1) is 11.3 Å². The van der Waals surface area contributed by atoms with Crippen LogP contribution in [0.15, 0.2) is 36.4 Å². The summed E-state index contributed by atoms with van der Waals surface area (Å²) in [5.74, 6) is 0.150. The molecule has 2 aromatic rings. The molecule has 0 spiro atoms. The van der Waals surface area contributed by atoms with E-state index in [9.17, 15) is 4.79 Å². The molecule has 0 aliphatic rings. The van der Waals surface area contributed by atoms with Crippen molar-refractivity contribution < 1.29 is 4.79 Å². The summed E-state index contributed by atoms with van der Waals surface area (Å²) in [7, 11) is 0. The molecule has 0 N–H and O–H groups in total. The first kappa shape index (κ1) is 11.4. The first-order valence-electron chi connectivity index (χ1n) is 5.00. The first-order valence-corrected chi connectivity index (χ1v) is 6.19. The number of rotatable bonds is 3. The van der Waals surface area contributed by atoms with Crippen LogP contribution in [0.25, 0.3) is 0 Å². The van der Waals surface area contributed by atoms with Gasteiger partial charge in [-0.1, -0.05) is 35.9 Å². The second-order valence-corrected chi connectivity index (χ2v) is 5.42. The predicted molar refractivity (Wildman–Crippen MR) is 68.5 cm³/mol. The highest BCUT2D eigenvalue weighted by Gasteiger charge is 2.10. The minimum atomic E-state index is 0.150. The first-order chi connectivity index (χ1) is 7.66. The van der Waals surface area contributed by atoms with Crippen LogP contribution in [-0.4, -0.2) is 5.78 Å². The fourth-order valence-corrected chi connectivity index (χ4v) is 2.67. The summed E-state index contributed by atoms with van der Waals surface area (Å²) < 4.78 is 0.729. The van der Waals surface area contributed by atoms with Crippen LogP contribution in [0, 0.1) is 6.92 Å². The molecule has 0 bridgehead atoms. The fraction of sp³-hybridized carbons (Fsp3) is 0.154. The van der Waals surface area contributed by atoms with E-state index in [-0.39, 0.29) is 5.78 Å². The van der Waals surface area contributed by atoms with Gasteiger partial charge in [-0.2, -0.15) is 0 Å². The Bertz CT molecular complexity index is 516. The molecule has 0 saturated heterocycles. The number of hydrogen-bond acceptors (Lipinski definition) is 2. The van der Waals surface area contributed by atoms with Gasteiger partial charge in [0, 0.05) is 16.9 Å². The molecule has 16 heavy (non-hydrogen) atoms. The van der Waals surface area contributed by atoms with Crippen molar-refractivity contribution in [2.45, 2.75) is 13.3 Å². The van der Waals surface area contributed by atoms with Crippen LogP contribution in [0.5, 0.6) is 0 Å². The third-order valence-corrected chi connectivity index (χ3v) is 3.64. The molecule has 3 heteroatoms. The van der Waals surface area contributed by atoms with Crippen LogP contribution < -0.4 is 0 Å². The van der Waals surface area contributed by atoms with Crippen LogP contribution in [0.1, 0.15) is 20.8 Å². The second kappa shape index (κ2) is 4.81. The van der Waals surface area contributed by atoms with Crippen molar-refractivity contribution in [1.82, 2.24) is 0 Å². The molecule has 0 atom stereocenters. The number of halogens is 1. The van der Waals surface area contributed by atoms with Crippen LogP contribution >= 0.6 is 22.9 Å². The zero-order valence-electron chi connectivity index (χ0n) is 8.87. The zero-order valence-corrected chi connectivity index (χ0v) is 10.4. The molecular formula is C13H11ClOS. The van der Waals surface area contributed by atoms with Gasteiger partial charge in [0.2, 0.25) is 0 Å². The smallest absolute Gasteiger partial charge is 0.168 e. The number of carbonyl (C=O) groups is 1. The average Bonchev–Trinajstić information content (AvgIpc) is 2.64. The van der Waals surface area contributed by atoms with E-state index < -0.39 is 0 Å². The molecule has 0 amide bonds. The van der Waals surface area contributed by atoms with Gasteiger partial charge in [0.25, 0.3) is 0 Å². The van der Waals surface area contributed by atoms with Crippen molar-refractivity contribution in [1.29, 1.82) is 0 Å². The summed E-state index contributed by atoms with van der Waals surface area (Å²) in [4.78, 5) is 13.0. The van der Waals surface area contributed by atoms with E-state index in [2.05, 4.69) is 0 Å². The van der Waals surface area contributed by atoms with E-state index in [0.29, 0.717) is 6.42 Å². The fourth-order valence-electron chi connectivity index (χ4n) is 1.59. The van der Waals surface area contributed by atoms with E-state index in [1.165, 1.54) is 11.3 Å². The zero-order chi connectivity index (χ0) is 11.5. The largest absolute Gasteiger partial charge is 0.294 e. The molecule has 1 nitrogen and oxygen atoms in total. The summed E-state index contributed by atoms with van der Waals surface area (Å²) in [6.07, 6.45) is 0.433. The van der Waals surface area contributed by atoms with Gasteiger partial charge in [-0.25, -0.2) is 0 Å². The average molecular weight is 251 g/mol. The summed E-state index contributed by atoms with van der Waals surface area (Å²) >= 11 is 7.29. The van der Waals surface area contributed by atoms with Crippen molar-refractivity contribution in [2.24, 2.45) is 0 Å². The quantitative estimate of drug-likeness (QED) is 0.749. The lowest BCUT2D eigenvalue weighted by Gasteiger charge is -2.02. The Morgan fingerprint density at radius 3 is 2.62 bits per heavy atom. The van der Waals surface area contributed by atoms with Crippen molar-refractivity contribution in [3.63, 3.8) is 0 Å². The molecule has 1 aromatic heterocycles. The molecule has 1 aromatic carbocycles. The summed E-state index contributed by atoms with van der Waals surface area (Å²) in [5.41, 5.74) is 1.82. The third kappa shape index (κ3) is 2.52. The lowest BCUT2D eigenvalue weighted by atomic mass is 10.0. The molecule has 2 rings (SSSR count). The van der Waals surface area contributed by atoms with Crippen molar-refractivity contribution in [2.75, 3.05) is 0 Å². The van der Waals surface area contributed by atoms with E-state index >= 15 is 0 Å². The highest BCUT2D eigenvalue weighted by atomic mass is 35.5. The minimum absolute atomic E-state index is 0.150. The number of Topliss-reactive ketones (excluding diaryl/α,β-unsaturated/α-hetero) is 1. The molecule has 0 fully saturated rings. The van der Waals surface area contributed by atoms with Crippen LogP contribution in [0.4, 0.5) is 0 Å². The lowest BCUT2D eigenvalue weighted by molar-refractivity contribution is 0.0993. The second-order valence-electron chi connectivity index (χ2n) is 3.62. The molecule has 82 valence electrons. The van der Waals surface area contributed by atoms with Crippen molar-refractivity contribution >= 4 is 28.7 Å². The Balaban J connectivity index is 2.18. The lowest BCUT2D eigenvalue weighted by Crippen LogP contribution is -2.04. The number of aryl methyl sites for hydroxylation is 1. The van der Waals surface area contributed by atoms with Gasteiger partial charge in [-0.05, 0) is 24.6 Å². The van der Waals surface area contributed by atoms with E-state index in [0.717, 1.165) is 20.3 Å². The minimum Gasteiger partial charge on any atom is -0.294 e. The van der Waals surface area contributed by atoms with E-state index in [4.69, 9.17) is 11.6 Å². The van der Waals surface area contributed by atoms with E-state index in [1.807, 2.05) is 43.3 Å². The van der Waals surface area contributed by atoms with Gasteiger partial charge >= 0.3 is 0 Å². The van der Waals surface area contributed by atoms with Crippen molar-refractivity contribution in [3.8, 4) is 0 Å². The number of thiophene rings is 1. The van der Waals surface area contributed by atoms with Gasteiger partial charge in [0.1, 0.15) is 0 Å². The van der Waals surface area contributed by atoms with Gasteiger partial charge in [0.15, 0.2) is 5.78 Å². The Labute approximate surface area is 104 Å². The third-order valence-electron chi connectivity index (χ3n) is 2.41. The number of ketones is 1. The van der Waals surface area contributed by atoms with Crippen LogP contribution in [0.3, 0.4) is 0 Å². The Kier molecular flexibility index (Phi) is 3.42. The highest BCUT2D eigenvalue weighted by Crippen LogP contribution is 2.23. The Hall–Kier alpha value is -1.12. The SMILES string of the molecule is Cc1ccccc1C(=O)Cc1ccc(Cl)s1. The van der Waals surface area contributed by atoms with Gasteiger partial charge in [-0.3, -0.25) is 4.79 Å². The summed E-state index contributed by atoms with van der Waals surface area (Å²) in [5, 5.41) is 0. The Morgan fingerprint density at radius 2 is 2.00 bits per heavy atom. The highest BCUT2D eigenvalue weighted by molar-refractivity contribution is 7.16. The Morgan fingerprint density at radius 1 is 1.25 bits per heavy atom. The topological polar surface area (TPSA) is 17.1 Å². The van der Waals surface area contributed by atoms with Crippen LogP contribution in [-0.2, 0) is 6.42 Å². The molecular weight excluding hydrogens is 240 g/mol. The molecule has 0 radical (unpaired) electrons. The molecule has 0 unspecified atom stereocenters. The van der Waals surface area contributed by atoms with E-state index in [1.54, 1.807) is 0 Å². The summed E-state index contributed by atoms with van der Waals surface area (Å²) in [6, 6.07) is 11.4. The number of carbonyl (C=O) groups excluding carboxylic acids is 1. The molecule has 0 saturated carbocycles. The summed E-state index contributed by atoms with van der Waals surface area (Å²) in [6.45, 7) is 1.95. The maximum Gasteiger partial charge on any atom is 0.168 e. The predicted octanol–water partition coefficient (Wildman–Crippen LogP) is 4.14. The normalized spacial score (nSPS) is 10.4. The van der Waals surface area contributed by atoms with Gasteiger partial charge in [0.05, 0.1) is 4.34 Å². The number of benzene rings is 1. The number of hydrogen-bond donors (Lipinski definition) is 0. The van der Waals surface area contributed by atoms with Gasteiger partial charge < -0.3 is 0 Å².